The molecule has 0 aliphatic carbocycles. The number of halogens is 1. The smallest absolute Gasteiger partial charge is 0.225 e. The third kappa shape index (κ3) is 5.29. The molecule has 0 saturated heterocycles. The molecular formula is C10H20BrNO. The molecule has 0 fully saturated rings. The van der Waals surface area contributed by atoms with Crippen molar-refractivity contribution in [1.29, 1.82) is 0 Å². The summed E-state index contributed by atoms with van der Waals surface area (Å²) in [6.45, 7) is 6.94. The number of nitrogens with zero attached hydrogens (tertiary/aromatic N) is 1. The normalized spacial score (nSPS) is 15.2. The molecule has 0 aromatic heterocycles. The molecule has 0 N–H and O–H groups in total. The summed E-state index contributed by atoms with van der Waals surface area (Å²) in [4.78, 5) is 13.8. The molecule has 3 heteroatoms. The summed E-state index contributed by atoms with van der Waals surface area (Å²) in [5.41, 5.74) is 0. The molecule has 0 rings (SSSR count). The maximum atomic E-state index is 11.7. The van der Waals surface area contributed by atoms with E-state index >= 15 is 0 Å². The van der Waals surface area contributed by atoms with E-state index in [1.165, 1.54) is 0 Å². The van der Waals surface area contributed by atoms with Crippen molar-refractivity contribution in [2.45, 2.75) is 38.4 Å². The molecule has 0 heterocycles. The van der Waals surface area contributed by atoms with Gasteiger partial charge < -0.3 is 4.90 Å². The van der Waals surface area contributed by atoms with Crippen LogP contribution in [0.3, 0.4) is 0 Å². The quantitative estimate of drug-likeness (QED) is 0.687. The van der Waals surface area contributed by atoms with Gasteiger partial charge in [0.25, 0.3) is 0 Å². The zero-order chi connectivity index (χ0) is 10.4. The number of alkyl halides is 1. The van der Waals surface area contributed by atoms with Gasteiger partial charge in [-0.15, -0.1) is 0 Å². The molecule has 2 atom stereocenters. The summed E-state index contributed by atoms with van der Waals surface area (Å²) in [7, 11) is 1.87. The SMILES string of the molecule is CCCC(C)C(=O)N(C)CC(C)Br. The van der Waals surface area contributed by atoms with Crippen LogP contribution in [0, 0.1) is 5.92 Å². The lowest BCUT2D eigenvalue weighted by molar-refractivity contribution is -0.133. The number of carbonyl (C=O) groups excluding carboxylic acids is 1. The highest BCUT2D eigenvalue weighted by Crippen LogP contribution is 2.10. The number of carbonyl (C=O) groups is 1. The summed E-state index contributed by atoms with van der Waals surface area (Å²) >= 11 is 3.44. The summed E-state index contributed by atoms with van der Waals surface area (Å²) < 4.78 is 0. The molecule has 0 aromatic rings. The molecule has 0 aromatic carbocycles. The first-order chi connectivity index (χ1) is 5.99. The van der Waals surface area contributed by atoms with Gasteiger partial charge >= 0.3 is 0 Å². The Hall–Kier alpha value is -0.0500. The van der Waals surface area contributed by atoms with E-state index in [2.05, 4.69) is 22.9 Å². The van der Waals surface area contributed by atoms with Crippen LogP contribution in [0.2, 0.25) is 0 Å². The van der Waals surface area contributed by atoms with E-state index in [0.717, 1.165) is 19.4 Å². The standard InChI is InChI=1S/C10H20BrNO/c1-5-6-8(2)10(13)12(4)7-9(3)11/h8-9H,5-7H2,1-4H3. The highest BCUT2D eigenvalue weighted by atomic mass is 79.9. The van der Waals surface area contributed by atoms with Crippen molar-refractivity contribution < 1.29 is 4.79 Å². The molecule has 2 unspecified atom stereocenters. The highest BCUT2D eigenvalue weighted by molar-refractivity contribution is 9.09. The Morgan fingerprint density at radius 3 is 2.38 bits per heavy atom. The van der Waals surface area contributed by atoms with Gasteiger partial charge in [0.15, 0.2) is 0 Å². The maximum absolute atomic E-state index is 11.7. The molecule has 0 aliphatic rings. The van der Waals surface area contributed by atoms with Crippen LogP contribution in [0.25, 0.3) is 0 Å². The van der Waals surface area contributed by atoms with E-state index in [4.69, 9.17) is 0 Å². The second kappa shape index (κ2) is 6.41. The monoisotopic (exact) mass is 249 g/mol. The van der Waals surface area contributed by atoms with Crippen LogP contribution in [0.15, 0.2) is 0 Å². The number of hydrogen-bond donors (Lipinski definition) is 0. The Balaban J connectivity index is 3.94. The maximum Gasteiger partial charge on any atom is 0.225 e. The van der Waals surface area contributed by atoms with Gasteiger partial charge in [-0.05, 0) is 6.42 Å². The fraction of sp³-hybridized carbons (Fsp3) is 0.900. The Kier molecular flexibility index (Phi) is 6.39. The summed E-state index contributed by atoms with van der Waals surface area (Å²) in [6.07, 6.45) is 2.06. The molecule has 0 saturated carbocycles. The van der Waals surface area contributed by atoms with Gasteiger partial charge in [-0.3, -0.25) is 4.79 Å². The van der Waals surface area contributed by atoms with E-state index in [1.807, 2.05) is 20.9 Å². The predicted octanol–water partition coefficient (Wildman–Crippen LogP) is 2.66. The van der Waals surface area contributed by atoms with Crippen molar-refractivity contribution in [2.75, 3.05) is 13.6 Å². The second-order valence-electron chi connectivity index (χ2n) is 3.69. The Bertz CT molecular complexity index is 159. The largest absolute Gasteiger partial charge is 0.344 e. The van der Waals surface area contributed by atoms with Crippen molar-refractivity contribution in [3.05, 3.63) is 0 Å². The third-order valence-electron chi connectivity index (χ3n) is 2.04. The van der Waals surface area contributed by atoms with Crippen molar-refractivity contribution in [1.82, 2.24) is 4.90 Å². The molecule has 0 aliphatic heterocycles. The Labute approximate surface area is 89.8 Å². The molecule has 1 amide bonds. The molecule has 0 radical (unpaired) electrons. The number of hydrogen-bond acceptors (Lipinski definition) is 1. The lowest BCUT2D eigenvalue weighted by atomic mass is 10.1. The van der Waals surface area contributed by atoms with E-state index < -0.39 is 0 Å². The van der Waals surface area contributed by atoms with Crippen molar-refractivity contribution in [3.8, 4) is 0 Å². The molecule has 78 valence electrons. The fourth-order valence-electron chi connectivity index (χ4n) is 1.40. The Morgan fingerprint density at radius 2 is 2.00 bits per heavy atom. The van der Waals surface area contributed by atoms with Gasteiger partial charge in [0, 0.05) is 24.3 Å². The average molecular weight is 250 g/mol. The van der Waals surface area contributed by atoms with Gasteiger partial charge in [0.1, 0.15) is 0 Å². The number of amides is 1. The van der Waals surface area contributed by atoms with Crippen LogP contribution in [-0.2, 0) is 4.79 Å². The molecule has 0 bridgehead atoms. The molecule has 2 nitrogen and oxygen atoms in total. The molecular weight excluding hydrogens is 230 g/mol. The minimum atomic E-state index is 0.168. The lowest BCUT2D eigenvalue weighted by Crippen LogP contribution is -2.35. The van der Waals surface area contributed by atoms with Gasteiger partial charge in [-0.2, -0.15) is 0 Å². The van der Waals surface area contributed by atoms with Crippen LogP contribution >= 0.6 is 15.9 Å². The fourth-order valence-corrected chi connectivity index (χ4v) is 1.83. The highest BCUT2D eigenvalue weighted by Gasteiger charge is 2.17. The van der Waals surface area contributed by atoms with E-state index in [9.17, 15) is 4.79 Å². The van der Waals surface area contributed by atoms with Crippen LogP contribution in [0.4, 0.5) is 0 Å². The van der Waals surface area contributed by atoms with E-state index in [-0.39, 0.29) is 11.8 Å². The minimum Gasteiger partial charge on any atom is -0.344 e. The Morgan fingerprint density at radius 1 is 1.46 bits per heavy atom. The van der Waals surface area contributed by atoms with Gasteiger partial charge in [-0.1, -0.05) is 43.1 Å². The van der Waals surface area contributed by atoms with Crippen molar-refractivity contribution >= 4 is 21.8 Å². The first kappa shape index (κ1) is 12.9. The van der Waals surface area contributed by atoms with Crippen molar-refractivity contribution in [2.24, 2.45) is 5.92 Å². The molecule has 13 heavy (non-hydrogen) atoms. The second-order valence-corrected chi connectivity index (χ2v) is 5.25. The topological polar surface area (TPSA) is 20.3 Å². The number of rotatable bonds is 5. The third-order valence-corrected chi connectivity index (χ3v) is 2.33. The molecule has 0 spiro atoms. The first-order valence-corrected chi connectivity index (χ1v) is 5.79. The van der Waals surface area contributed by atoms with Crippen LogP contribution in [0.5, 0.6) is 0 Å². The van der Waals surface area contributed by atoms with Gasteiger partial charge in [-0.25, -0.2) is 0 Å². The first-order valence-electron chi connectivity index (χ1n) is 4.88. The van der Waals surface area contributed by atoms with Crippen LogP contribution in [0.1, 0.15) is 33.6 Å². The zero-order valence-electron chi connectivity index (χ0n) is 9.01. The van der Waals surface area contributed by atoms with Gasteiger partial charge in [0.05, 0.1) is 0 Å². The van der Waals surface area contributed by atoms with Gasteiger partial charge in [0.2, 0.25) is 5.91 Å². The average Bonchev–Trinajstić information content (AvgIpc) is 2.02. The van der Waals surface area contributed by atoms with Crippen LogP contribution < -0.4 is 0 Å². The zero-order valence-corrected chi connectivity index (χ0v) is 10.6. The van der Waals surface area contributed by atoms with E-state index in [1.54, 1.807) is 4.90 Å². The summed E-state index contributed by atoms with van der Waals surface area (Å²) in [5.74, 6) is 0.425. The minimum absolute atomic E-state index is 0.168. The predicted molar refractivity (Wildman–Crippen MR) is 60.1 cm³/mol. The summed E-state index contributed by atoms with van der Waals surface area (Å²) in [6, 6.07) is 0. The van der Waals surface area contributed by atoms with Crippen molar-refractivity contribution in [3.63, 3.8) is 0 Å². The lowest BCUT2D eigenvalue weighted by Gasteiger charge is -2.22. The summed E-state index contributed by atoms with van der Waals surface area (Å²) in [5, 5.41) is 0. The van der Waals surface area contributed by atoms with Crippen LogP contribution in [-0.4, -0.2) is 29.2 Å². The van der Waals surface area contributed by atoms with E-state index in [0.29, 0.717) is 4.83 Å².